The fraction of sp³-hybridized carbons (Fsp3) is 0.0667. The number of urea groups is 1. The van der Waals surface area contributed by atoms with Crippen molar-refractivity contribution in [1.29, 1.82) is 0 Å². The lowest BCUT2D eigenvalue weighted by molar-refractivity contribution is 0.259. The van der Waals surface area contributed by atoms with Gasteiger partial charge in [0.05, 0.1) is 17.1 Å². The normalized spacial score (nSPS) is 14.1. The number of aromatic nitrogens is 1. The van der Waals surface area contributed by atoms with Crippen LogP contribution in [0.2, 0.25) is 0 Å². The van der Waals surface area contributed by atoms with Crippen LogP contribution >= 0.6 is 0 Å². The number of aryl methyl sites for hydroxylation is 1. The van der Waals surface area contributed by atoms with Gasteiger partial charge in [0.15, 0.2) is 0 Å². The molecule has 2 aromatic rings. The molecule has 2 heterocycles. The van der Waals surface area contributed by atoms with Crippen LogP contribution in [0.1, 0.15) is 11.1 Å². The van der Waals surface area contributed by atoms with E-state index < -0.39 is 0 Å². The van der Waals surface area contributed by atoms with Crippen molar-refractivity contribution in [3.8, 4) is 0 Å². The average molecular weight is 251 g/mol. The Morgan fingerprint density at radius 2 is 1.95 bits per heavy atom. The predicted molar refractivity (Wildman–Crippen MR) is 75.9 cm³/mol. The summed E-state index contributed by atoms with van der Waals surface area (Å²) in [7, 11) is 0. The van der Waals surface area contributed by atoms with E-state index in [1.807, 2.05) is 25.1 Å². The molecule has 4 heteroatoms. The molecular formula is C15H13N3O. The summed E-state index contributed by atoms with van der Waals surface area (Å²) in [6, 6.07) is 9.29. The molecule has 0 radical (unpaired) electrons. The van der Waals surface area contributed by atoms with Crippen LogP contribution in [0.3, 0.4) is 0 Å². The molecule has 3 rings (SSSR count). The highest BCUT2D eigenvalue weighted by Gasteiger charge is 2.27. The minimum Gasteiger partial charge on any atom is -0.307 e. The zero-order chi connectivity index (χ0) is 13.4. The molecule has 19 heavy (non-hydrogen) atoms. The SMILES string of the molecule is C=C1c2ccc(C)cc2NC(=O)N1c1ccncc1. The number of carbonyl (C=O) groups is 1. The van der Waals surface area contributed by atoms with E-state index in [0.717, 1.165) is 22.5 Å². The van der Waals surface area contributed by atoms with Crippen molar-refractivity contribution in [2.24, 2.45) is 0 Å². The van der Waals surface area contributed by atoms with Gasteiger partial charge in [0, 0.05) is 18.0 Å². The van der Waals surface area contributed by atoms with E-state index in [9.17, 15) is 4.79 Å². The van der Waals surface area contributed by atoms with Gasteiger partial charge in [-0.1, -0.05) is 18.7 Å². The van der Waals surface area contributed by atoms with Crippen molar-refractivity contribution in [1.82, 2.24) is 4.98 Å². The molecule has 1 aromatic heterocycles. The number of carbonyl (C=O) groups excluding carboxylic acids is 1. The first kappa shape index (κ1) is 11.5. The van der Waals surface area contributed by atoms with E-state index in [1.165, 1.54) is 0 Å². The van der Waals surface area contributed by atoms with Crippen LogP contribution in [0.15, 0.2) is 49.3 Å². The Morgan fingerprint density at radius 1 is 1.21 bits per heavy atom. The summed E-state index contributed by atoms with van der Waals surface area (Å²) in [4.78, 5) is 17.7. The number of hydrogen-bond acceptors (Lipinski definition) is 2. The lowest BCUT2D eigenvalue weighted by atomic mass is 10.0. The highest BCUT2D eigenvalue weighted by Crippen LogP contribution is 2.34. The molecule has 0 aliphatic carbocycles. The molecule has 0 fully saturated rings. The lowest BCUT2D eigenvalue weighted by Crippen LogP contribution is -2.37. The summed E-state index contributed by atoms with van der Waals surface area (Å²) in [6.07, 6.45) is 3.31. The van der Waals surface area contributed by atoms with E-state index in [1.54, 1.807) is 29.4 Å². The van der Waals surface area contributed by atoms with E-state index in [2.05, 4.69) is 16.9 Å². The molecule has 1 aliphatic rings. The molecule has 1 aromatic carbocycles. The van der Waals surface area contributed by atoms with Crippen molar-refractivity contribution >= 4 is 23.1 Å². The number of rotatable bonds is 1. The second-order valence-electron chi connectivity index (χ2n) is 4.47. The van der Waals surface area contributed by atoms with Crippen molar-refractivity contribution in [2.75, 3.05) is 10.2 Å². The van der Waals surface area contributed by atoms with Gasteiger partial charge < -0.3 is 5.32 Å². The van der Waals surface area contributed by atoms with Crippen LogP contribution in [-0.4, -0.2) is 11.0 Å². The monoisotopic (exact) mass is 251 g/mol. The molecule has 1 N–H and O–H groups in total. The maximum Gasteiger partial charge on any atom is 0.330 e. The van der Waals surface area contributed by atoms with E-state index in [0.29, 0.717) is 5.70 Å². The molecule has 94 valence electrons. The Labute approximate surface area is 111 Å². The van der Waals surface area contributed by atoms with E-state index in [-0.39, 0.29) is 6.03 Å². The quantitative estimate of drug-likeness (QED) is 0.844. The minimum atomic E-state index is -0.200. The summed E-state index contributed by atoms with van der Waals surface area (Å²) in [5.41, 5.74) is 4.26. The Morgan fingerprint density at radius 3 is 2.68 bits per heavy atom. The number of nitrogens with zero attached hydrogens (tertiary/aromatic N) is 2. The third-order valence-electron chi connectivity index (χ3n) is 3.12. The van der Waals surface area contributed by atoms with Gasteiger partial charge in [0.2, 0.25) is 0 Å². The molecule has 4 nitrogen and oxygen atoms in total. The molecule has 0 bridgehead atoms. The maximum atomic E-state index is 12.2. The summed E-state index contributed by atoms with van der Waals surface area (Å²) in [5, 5.41) is 2.89. The Hall–Kier alpha value is -2.62. The number of amides is 2. The van der Waals surface area contributed by atoms with Gasteiger partial charge in [0.1, 0.15) is 0 Å². The van der Waals surface area contributed by atoms with Crippen molar-refractivity contribution < 1.29 is 4.79 Å². The molecule has 0 saturated carbocycles. The summed E-state index contributed by atoms with van der Waals surface area (Å²) >= 11 is 0. The van der Waals surface area contributed by atoms with Crippen LogP contribution in [0.5, 0.6) is 0 Å². The Kier molecular flexibility index (Phi) is 2.56. The molecule has 2 amide bonds. The maximum absolute atomic E-state index is 12.2. The van der Waals surface area contributed by atoms with Crippen molar-refractivity contribution in [3.05, 3.63) is 60.4 Å². The Balaban J connectivity index is 2.09. The van der Waals surface area contributed by atoms with Gasteiger partial charge in [-0.25, -0.2) is 4.79 Å². The third kappa shape index (κ3) is 1.87. The summed E-state index contributed by atoms with van der Waals surface area (Å²) in [5.74, 6) is 0. The van der Waals surface area contributed by atoms with Gasteiger partial charge in [-0.05, 0) is 30.7 Å². The largest absolute Gasteiger partial charge is 0.330 e. The molecule has 1 aliphatic heterocycles. The number of nitrogens with one attached hydrogen (secondary N) is 1. The fourth-order valence-electron chi connectivity index (χ4n) is 2.19. The Bertz CT molecular complexity index is 664. The molecule has 0 unspecified atom stereocenters. The number of pyridine rings is 1. The molecule has 0 saturated heterocycles. The van der Waals surface area contributed by atoms with Gasteiger partial charge in [-0.15, -0.1) is 0 Å². The standard InChI is InChI=1S/C15H13N3O/c1-10-3-4-13-11(2)18(12-5-7-16-8-6-12)15(19)17-14(13)9-10/h3-9H,2H2,1H3,(H,17,19). The van der Waals surface area contributed by atoms with Crippen LogP contribution < -0.4 is 10.2 Å². The summed E-state index contributed by atoms with van der Waals surface area (Å²) in [6.45, 7) is 6.03. The number of hydrogen-bond donors (Lipinski definition) is 1. The second-order valence-corrected chi connectivity index (χ2v) is 4.47. The van der Waals surface area contributed by atoms with Gasteiger partial charge in [0.25, 0.3) is 0 Å². The third-order valence-corrected chi connectivity index (χ3v) is 3.12. The first-order valence-electron chi connectivity index (χ1n) is 5.98. The fourth-order valence-corrected chi connectivity index (χ4v) is 2.19. The van der Waals surface area contributed by atoms with E-state index in [4.69, 9.17) is 0 Å². The van der Waals surface area contributed by atoms with E-state index >= 15 is 0 Å². The van der Waals surface area contributed by atoms with Gasteiger partial charge in [-0.3, -0.25) is 9.88 Å². The first-order valence-corrected chi connectivity index (χ1v) is 5.98. The van der Waals surface area contributed by atoms with Gasteiger partial charge >= 0.3 is 6.03 Å². The lowest BCUT2D eigenvalue weighted by Gasteiger charge is -2.31. The predicted octanol–water partition coefficient (Wildman–Crippen LogP) is 3.41. The smallest absolute Gasteiger partial charge is 0.307 e. The zero-order valence-corrected chi connectivity index (χ0v) is 10.6. The van der Waals surface area contributed by atoms with Crippen molar-refractivity contribution in [2.45, 2.75) is 6.92 Å². The average Bonchev–Trinajstić information content (AvgIpc) is 2.39. The number of benzene rings is 1. The van der Waals surface area contributed by atoms with Crippen molar-refractivity contribution in [3.63, 3.8) is 0 Å². The first-order chi connectivity index (χ1) is 9.16. The highest BCUT2D eigenvalue weighted by molar-refractivity contribution is 6.16. The molecular weight excluding hydrogens is 238 g/mol. The van der Waals surface area contributed by atoms with Crippen LogP contribution in [0, 0.1) is 6.92 Å². The van der Waals surface area contributed by atoms with Crippen LogP contribution in [0.4, 0.5) is 16.2 Å². The number of fused-ring (bicyclic) bond motifs is 1. The highest BCUT2D eigenvalue weighted by atomic mass is 16.2. The van der Waals surface area contributed by atoms with Crippen LogP contribution in [-0.2, 0) is 0 Å². The van der Waals surface area contributed by atoms with Gasteiger partial charge in [-0.2, -0.15) is 0 Å². The molecule has 0 spiro atoms. The minimum absolute atomic E-state index is 0.200. The molecule has 0 atom stereocenters. The van der Waals surface area contributed by atoms with Crippen LogP contribution in [0.25, 0.3) is 5.70 Å². The summed E-state index contributed by atoms with van der Waals surface area (Å²) < 4.78 is 0. The topological polar surface area (TPSA) is 45.2 Å². The number of anilines is 2. The zero-order valence-electron chi connectivity index (χ0n) is 10.6. The second kappa shape index (κ2) is 4.24.